The van der Waals surface area contributed by atoms with Crippen molar-refractivity contribution >= 4 is 78.2 Å². The standard InChI is InChI=1S/C24H14Br2INO4/c25-18-10-14(11-19(26)22(18)31-13-21(29)15-4-2-1-3-5-15)12-20-24(30)32-23(28-20)16-6-8-17(27)9-7-16/h1-12H,13H2/b20-12-. The van der Waals surface area contributed by atoms with Crippen LogP contribution in [0.4, 0.5) is 0 Å². The molecular weight excluding hydrogens is 653 g/mol. The summed E-state index contributed by atoms with van der Waals surface area (Å²) in [6.07, 6.45) is 1.64. The third-order valence-corrected chi connectivity index (χ3v) is 6.38. The van der Waals surface area contributed by atoms with Gasteiger partial charge < -0.3 is 9.47 Å². The van der Waals surface area contributed by atoms with Gasteiger partial charge >= 0.3 is 5.97 Å². The van der Waals surface area contributed by atoms with Gasteiger partial charge in [-0.3, -0.25) is 4.79 Å². The van der Waals surface area contributed by atoms with Crippen LogP contribution in [0.5, 0.6) is 5.75 Å². The number of benzene rings is 3. The van der Waals surface area contributed by atoms with Gasteiger partial charge in [-0.1, -0.05) is 30.3 Å². The minimum atomic E-state index is -0.514. The summed E-state index contributed by atoms with van der Waals surface area (Å²) in [5, 5.41) is 0. The maximum absolute atomic E-state index is 12.3. The number of hydrogen-bond donors (Lipinski definition) is 0. The third kappa shape index (κ3) is 5.36. The van der Waals surface area contributed by atoms with Crippen molar-refractivity contribution < 1.29 is 19.1 Å². The number of hydrogen-bond acceptors (Lipinski definition) is 5. The number of nitrogens with zero attached hydrogens (tertiary/aromatic N) is 1. The highest BCUT2D eigenvalue weighted by Crippen LogP contribution is 2.36. The summed E-state index contributed by atoms with van der Waals surface area (Å²) >= 11 is 9.16. The van der Waals surface area contributed by atoms with E-state index in [1.165, 1.54) is 0 Å². The first-order chi connectivity index (χ1) is 15.4. The number of rotatable bonds is 6. The van der Waals surface area contributed by atoms with E-state index in [0.29, 0.717) is 25.8 Å². The second-order valence-electron chi connectivity index (χ2n) is 6.73. The molecule has 32 heavy (non-hydrogen) atoms. The lowest BCUT2D eigenvalue weighted by Crippen LogP contribution is -2.12. The predicted octanol–water partition coefficient (Wildman–Crippen LogP) is 6.42. The summed E-state index contributed by atoms with van der Waals surface area (Å²) in [7, 11) is 0. The van der Waals surface area contributed by atoms with Crippen molar-refractivity contribution in [3.8, 4) is 5.75 Å². The zero-order chi connectivity index (χ0) is 22.7. The SMILES string of the molecule is O=C1OC(c2ccc(I)cc2)=N/C1=C\c1cc(Br)c(OCC(=O)c2ccccc2)c(Br)c1. The molecule has 0 radical (unpaired) electrons. The van der Waals surface area contributed by atoms with Gasteiger partial charge in [0.1, 0.15) is 5.75 Å². The van der Waals surface area contributed by atoms with Crippen molar-refractivity contribution in [2.24, 2.45) is 4.99 Å². The summed E-state index contributed by atoms with van der Waals surface area (Å²) in [6.45, 7) is -0.0996. The van der Waals surface area contributed by atoms with Crippen LogP contribution in [0.25, 0.3) is 6.08 Å². The Labute approximate surface area is 214 Å². The molecule has 0 atom stereocenters. The number of halogens is 3. The fourth-order valence-corrected chi connectivity index (χ4v) is 4.74. The smallest absolute Gasteiger partial charge is 0.363 e. The number of esters is 1. The lowest BCUT2D eigenvalue weighted by molar-refractivity contribution is -0.129. The molecule has 1 aliphatic rings. The van der Waals surface area contributed by atoms with E-state index in [9.17, 15) is 9.59 Å². The van der Waals surface area contributed by atoms with Crippen LogP contribution in [0.3, 0.4) is 0 Å². The van der Waals surface area contributed by atoms with Gasteiger partial charge in [0.25, 0.3) is 0 Å². The molecule has 0 fully saturated rings. The first kappa shape index (κ1) is 22.9. The average molecular weight is 667 g/mol. The van der Waals surface area contributed by atoms with Crippen molar-refractivity contribution in [2.75, 3.05) is 6.61 Å². The van der Waals surface area contributed by atoms with E-state index < -0.39 is 5.97 Å². The number of Topliss-reactive ketones (excluding diaryl/α,β-unsaturated/α-hetero) is 1. The molecule has 3 aromatic carbocycles. The Kier molecular flexibility index (Phi) is 7.22. The number of carbonyl (C=O) groups is 2. The van der Waals surface area contributed by atoms with Crippen molar-refractivity contribution in [3.63, 3.8) is 0 Å². The monoisotopic (exact) mass is 665 g/mol. The molecule has 0 unspecified atom stereocenters. The van der Waals surface area contributed by atoms with Crippen LogP contribution < -0.4 is 4.74 Å². The quantitative estimate of drug-likeness (QED) is 0.132. The second kappa shape index (κ2) is 10.1. The van der Waals surface area contributed by atoms with Crippen molar-refractivity contribution in [3.05, 3.63) is 102 Å². The van der Waals surface area contributed by atoms with E-state index in [0.717, 1.165) is 9.13 Å². The molecule has 0 spiro atoms. The number of ketones is 1. The van der Waals surface area contributed by atoms with Gasteiger partial charge in [0, 0.05) is 14.7 Å². The summed E-state index contributed by atoms with van der Waals surface area (Å²) < 4.78 is 13.4. The fraction of sp³-hybridized carbons (Fsp3) is 0.0417. The predicted molar refractivity (Wildman–Crippen MR) is 138 cm³/mol. The van der Waals surface area contributed by atoms with Crippen LogP contribution in [0.2, 0.25) is 0 Å². The largest absolute Gasteiger partial charge is 0.483 e. The van der Waals surface area contributed by atoms with Crippen molar-refractivity contribution in [1.29, 1.82) is 0 Å². The van der Waals surface area contributed by atoms with Gasteiger partial charge in [-0.25, -0.2) is 9.79 Å². The minimum Gasteiger partial charge on any atom is -0.483 e. The molecule has 0 aliphatic carbocycles. The van der Waals surface area contributed by atoms with E-state index in [1.54, 1.807) is 30.3 Å². The van der Waals surface area contributed by atoms with Gasteiger partial charge in [0.15, 0.2) is 18.1 Å². The average Bonchev–Trinajstić information content (AvgIpc) is 3.14. The van der Waals surface area contributed by atoms with Crippen LogP contribution in [-0.2, 0) is 9.53 Å². The van der Waals surface area contributed by atoms with Crippen LogP contribution in [0.1, 0.15) is 21.5 Å². The van der Waals surface area contributed by atoms with Gasteiger partial charge in [0.2, 0.25) is 5.90 Å². The Morgan fingerprint density at radius 1 is 1.03 bits per heavy atom. The maximum atomic E-state index is 12.3. The molecule has 0 aromatic heterocycles. The van der Waals surface area contributed by atoms with E-state index in [-0.39, 0.29) is 24.0 Å². The number of cyclic esters (lactones) is 1. The maximum Gasteiger partial charge on any atom is 0.363 e. The number of ether oxygens (including phenoxy) is 2. The summed E-state index contributed by atoms with van der Waals surface area (Å²) in [4.78, 5) is 28.9. The zero-order valence-corrected chi connectivity index (χ0v) is 21.7. The summed E-state index contributed by atoms with van der Waals surface area (Å²) in [6, 6.07) is 20.1. The van der Waals surface area contributed by atoms with E-state index in [4.69, 9.17) is 9.47 Å². The molecule has 4 rings (SSSR count). The molecule has 5 nitrogen and oxygen atoms in total. The molecule has 0 bridgehead atoms. The molecular formula is C24H14Br2INO4. The first-order valence-electron chi connectivity index (χ1n) is 9.39. The molecule has 0 amide bonds. The first-order valence-corrected chi connectivity index (χ1v) is 12.1. The lowest BCUT2D eigenvalue weighted by atomic mass is 10.1. The van der Waals surface area contributed by atoms with Crippen LogP contribution in [-0.4, -0.2) is 24.3 Å². The summed E-state index contributed by atoms with van der Waals surface area (Å²) in [5.41, 5.74) is 2.23. The van der Waals surface area contributed by atoms with E-state index >= 15 is 0 Å². The normalized spacial score (nSPS) is 14.3. The molecule has 0 saturated carbocycles. The van der Waals surface area contributed by atoms with Gasteiger partial charge in [-0.05, 0) is 102 Å². The van der Waals surface area contributed by atoms with Gasteiger partial charge in [0.05, 0.1) is 8.95 Å². The highest BCUT2D eigenvalue weighted by atomic mass is 127. The Balaban J connectivity index is 1.52. The van der Waals surface area contributed by atoms with Crippen LogP contribution in [0.15, 0.2) is 86.4 Å². The number of carbonyl (C=O) groups excluding carboxylic acids is 2. The Morgan fingerprint density at radius 2 is 1.69 bits per heavy atom. The van der Waals surface area contributed by atoms with Crippen LogP contribution in [0, 0.1) is 3.57 Å². The lowest BCUT2D eigenvalue weighted by Gasteiger charge is -2.11. The number of aliphatic imine (C=N–C) groups is 1. The van der Waals surface area contributed by atoms with Crippen molar-refractivity contribution in [2.45, 2.75) is 0 Å². The molecule has 1 aliphatic heterocycles. The Morgan fingerprint density at radius 3 is 2.34 bits per heavy atom. The van der Waals surface area contributed by atoms with Crippen LogP contribution >= 0.6 is 54.5 Å². The summed E-state index contributed by atoms with van der Waals surface area (Å²) in [5.74, 6) is 0.130. The molecule has 3 aromatic rings. The topological polar surface area (TPSA) is 65.0 Å². The Hall–Kier alpha value is -2.30. The van der Waals surface area contributed by atoms with E-state index in [2.05, 4.69) is 59.4 Å². The molecule has 0 N–H and O–H groups in total. The van der Waals surface area contributed by atoms with E-state index in [1.807, 2.05) is 42.5 Å². The van der Waals surface area contributed by atoms with Gasteiger partial charge in [-0.15, -0.1) is 0 Å². The highest BCUT2D eigenvalue weighted by molar-refractivity contribution is 14.1. The molecule has 1 heterocycles. The fourth-order valence-electron chi connectivity index (χ4n) is 2.93. The third-order valence-electron chi connectivity index (χ3n) is 4.48. The molecule has 0 saturated heterocycles. The second-order valence-corrected chi connectivity index (χ2v) is 9.69. The van der Waals surface area contributed by atoms with Gasteiger partial charge in [-0.2, -0.15) is 0 Å². The molecule has 8 heteroatoms. The molecule has 160 valence electrons. The highest BCUT2D eigenvalue weighted by Gasteiger charge is 2.24. The Bertz CT molecular complexity index is 1230. The van der Waals surface area contributed by atoms with Crippen molar-refractivity contribution in [1.82, 2.24) is 0 Å². The zero-order valence-electron chi connectivity index (χ0n) is 16.3. The minimum absolute atomic E-state index is 0.0996.